The number of aryl methyl sites for hydroxylation is 1. The predicted molar refractivity (Wildman–Crippen MR) is 109 cm³/mol. The Morgan fingerprint density at radius 3 is 2.14 bits per heavy atom. The number of benzene rings is 2. The zero-order valence-corrected chi connectivity index (χ0v) is 16.6. The van der Waals surface area contributed by atoms with Crippen LogP contribution >= 0.6 is 45.2 Å². The van der Waals surface area contributed by atoms with E-state index < -0.39 is 0 Å². The molecule has 0 aliphatic heterocycles. The second kappa shape index (κ2) is 6.62. The van der Waals surface area contributed by atoms with Crippen LogP contribution in [0.1, 0.15) is 5.56 Å². The minimum atomic E-state index is 0.881. The van der Waals surface area contributed by atoms with Crippen LogP contribution in [0.2, 0.25) is 0 Å². The Bertz CT molecular complexity index is 779. The Balaban J connectivity index is 2.04. The normalized spacial score (nSPS) is 10.7. The van der Waals surface area contributed by atoms with Crippen LogP contribution in [-0.4, -0.2) is 7.05 Å². The van der Waals surface area contributed by atoms with Gasteiger partial charge in [-0.05, 0) is 64.2 Å². The molecule has 0 aliphatic rings. The van der Waals surface area contributed by atoms with E-state index in [9.17, 15) is 0 Å². The summed E-state index contributed by atoms with van der Waals surface area (Å²) in [6.45, 7) is 2.09. The van der Waals surface area contributed by atoms with Gasteiger partial charge in [-0.25, -0.2) is 0 Å². The molecule has 0 spiro atoms. The fraction of sp³-hybridized carbons (Fsp3) is 0.111. The number of hydrogen-bond acceptors (Lipinski definition) is 2. The van der Waals surface area contributed by atoms with Crippen molar-refractivity contribution in [3.63, 3.8) is 0 Å². The largest absolute Gasteiger partial charge is 0.438 e. The lowest BCUT2D eigenvalue weighted by Crippen LogP contribution is -2.09. The summed E-state index contributed by atoms with van der Waals surface area (Å²) >= 11 is 4.72. The fourth-order valence-corrected chi connectivity index (χ4v) is 3.62. The molecule has 0 radical (unpaired) electrons. The highest BCUT2D eigenvalue weighted by Gasteiger charge is 2.21. The van der Waals surface area contributed by atoms with Crippen molar-refractivity contribution in [3.05, 3.63) is 67.3 Å². The lowest BCUT2D eigenvalue weighted by molar-refractivity contribution is 0.581. The molecule has 0 saturated heterocycles. The molecule has 1 aromatic heterocycles. The van der Waals surface area contributed by atoms with Gasteiger partial charge in [-0.2, -0.15) is 0 Å². The molecule has 0 unspecified atom stereocenters. The molecule has 0 saturated carbocycles. The van der Waals surface area contributed by atoms with Gasteiger partial charge in [0.2, 0.25) is 5.88 Å². The van der Waals surface area contributed by atoms with Crippen LogP contribution < -0.4 is 4.90 Å². The molecule has 0 aliphatic carbocycles. The van der Waals surface area contributed by atoms with E-state index in [-0.39, 0.29) is 0 Å². The highest BCUT2D eigenvalue weighted by Crippen LogP contribution is 2.40. The molecule has 1 heterocycles. The smallest absolute Gasteiger partial charge is 0.214 e. The van der Waals surface area contributed by atoms with Crippen LogP contribution in [0.4, 0.5) is 11.6 Å². The summed E-state index contributed by atoms with van der Waals surface area (Å²) in [5, 5.41) is 0. The first-order chi connectivity index (χ1) is 10.6. The van der Waals surface area contributed by atoms with Gasteiger partial charge in [0.1, 0.15) is 0 Å². The first kappa shape index (κ1) is 15.9. The number of para-hydroxylation sites is 1. The molecule has 2 aromatic carbocycles. The van der Waals surface area contributed by atoms with E-state index in [1.807, 2.05) is 25.2 Å². The Morgan fingerprint density at radius 2 is 1.50 bits per heavy atom. The number of anilines is 2. The second-order valence-electron chi connectivity index (χ2n) is 5.12. The highest BCUT2D eigenvalue weighted by atomic mass is 127. The van der Waals surface area contributed by atoms with Crippen molar-refractivity contribution in [1.29, 1.82) is 0 Å². The zero-order valence-electron chi connectivity index (χ0n) is 12.3. The van der Waals surface area contributed by atoms with E-state index in [4.69, 9.17) is 4.42 Å². The lowest BCUT2D eigenvalue weighted by Gasteiger charge is -2.16. The van der Waals surface area contributed by atoms with E-state index in [0.29, 0.717) is 0 Å². The van der Waals surface area contributed by atoms with Crippen molar-refractivity contribution in [2.45, 2.75) is 6.92 Å². The molecule has 0 fully saturated rings. The molecule has 0 N–H and O–H groups in total. The Labute approximate surface area is 157 Å². The maximum absolute atomic E-state index is 6.20. The van der Waals surface area contributed by atoms with Crippen molar-refractivity contribution in [2.75, 3.05) is 11.9 Å². The Morgan fingerprint density at radius 1 is 0.864 bits per heavy atom. The molecule has 0 atom stereocenters. The van der Waals surface area contributed by atoms with Crippen molar-refractivity contribution < 1.29 is 4.42 Å². The van der Waals surface area contributed by atoms with Gasteiger partial charge >= 0.3 is 0 Å². The SMILES string of the molecule is Cc1ccc(-c2oc(N(C)c3ccccc3)c(I)c2I)cc1. The van der Waals surface area contributed by atoms with Crippen molar-refractivity contribution in [3.8, 4) is 11.3 Å². The first-order valence-corrected chi connectivity index (χ1v) is 9.07. The summed E-state index contributed by atoms with van der Waals surface area (Å²) in [6, 6.07) is 18.7. The van der Waals surface area contributed by atoms with Crippen LogP contribution in [0, 0.1) is 14.1 Å². The van der Waals surface area contributed by atoms with Crippen LogP contribution in [0.3, 0.4) is 0 Å². The molecule has 0 bridgehead atoms. The molecule has 0 amide bonds. The summed E-state index contributed by atoms with van der Waals surface area (Å²) in [4.78, 5) is 2.08. The average Bonchev–Trinajstić information content (AvgIpc) is 2.84. The van der Waals surface area contributed by atoms with Gasteiger partial charge in [-0.3, -0.25) is 0 Å². The van der Waals surface area contributed by atoms with Crippen molar-refractivity contribution in [1.82, 2.24) is 0 Å². The maximum Gasteiger partial charge on any atom is 0.214 e. The average molecular weight is 515 g/mol. The minimum Gasteiger partial charge on any atom is -0.438 e. The van der Waals surface area contributed by atoms with E-state index in [0.717, 1.165) is 30.0 Å². The van der Waals surface area contributed by atoms with Gasteiger partial charge < -0.3 is 9.32 Å². The molecule has 3 aromatic rings. The summed E-state index contributed by atoms with van der Waals surface area (Å²) in [7, 11) is 2.03. The first-order valence-electron chi connectivity index (χ1n) is 6.91. The topological polar surface area (TPSA) is 16.4 Å². The van der Waals surface area contributed by atoms with Crippen molar-refractivity contribution in [2.24, 2.45) is 0 Å². The van der Waals surface area contributed by atoms with Crippen LogP contribution in [0.15, 0.2) is 59.0 Å². The molecule has 3 rings (SSSR count). The van der Waals surface area contributed by atoms with Gasteiger partial charge in [0.25, 0.3) is 0 Å². The number of nitrogens with zero attached hydrogens (tertiary/aromatic N) is 1. The Kier molecular flexibility index (Phi) is 4.77. The standard InChI is InChI=1S/C18H15I2NO/c1-12-8-10-13(11-9-12)17-15(19)16(20)18(22-17)21(2)14-6-4-3-5-7-14/h3-11H,1-2H3. The second-order valence-corrected chi connectivity index (χ2v) is 7.28. The third-order valence-corrected chi connectivity index (χ3v) is 6.60. The molecular formula is C18H15I2NO. The summed E-state index contributed by atoms with van der Waals surface area (Å²) in [5.74, 6) is 1.81. The summed E-state index contributed by atoms with van der Waals surface area (Å²) in [6.07, 6.45) is 0. The molecule has 2 nitrogen and oxygen atoms in total. The zero-order chi connectivity index (χ0) is 15.7. The Hall–Kier alpha value is -1.02. The quantitative estimate of drug-likeness (QED) is 0.385. The molecule has 22 heavy (non-hydrogen) atoms. The molecule has 4 heteroatoms. The van der Waals surface area contributed by atoms with E-state index >= 15 is 0 Å². The number of halogens is 2. The van der Waals surface area contributed by atoms with Gasteiger partial charge in [0.05, 0.1) is 7.14 Å². The lowest BCUT2D eigenvalue weighted by atomic mass is 10.1. The van der Waals surface area contributed by atoms with Crippen molar-refractivity contribution >= 4 is 56.8 Å². The van der Waals surface area contributed by atoms with Crippen LogP contribution in [0.25, 0.3) is 11.3 Å². The van der Waals surface area contributed by atoms with E-state index in [1.54, 1.807) is 0 Å². The third kappa shape index (κ3) is 3.03. The summed E-state index contributed by atoms with van der Waals surface area (Å²) in [5.41, 5.74) is 3.48. The van der Waals surface area contributed by atoms with Gasteiger partial charge in [-0.1, -0.05) is 48.0 Å². The third-order valence-electron chi connectivity index (χ3n) is 3.54. The van der Waals surface area contributed by atoms with Crippen LogP contribution in [0.5, 0.6) is 0 Å². The number of hydrogen-bond donors (Lipinski definition) is 0. The molecule has 112 valence electrons. The fourth-order valence-electron chi connectivity index (χ4n) is 2.25. The number of rotatable bonds is 3. The monoisotopic (exact) mass is 515 g/mol. The maximum atomic E-state index is 6.20. The highest BCUT2D eigenvalue weighted by molar-refractivity contribution is 14.1. The van der Waals surface area contributed by atoms with Crippen LogP contribution in [-0.2, 0) is 0 Å². The van der Waals surface area contributed by atoms with Gasteiger partial charge in [-0.15, -0.1) is 0 Å². The minimum absolute atomic E-state index is 0.881. The van der Waals surface area contributed by atoms with E-state index in [2.05, 4.69) is 93.4 Å². The van der Waals surface area contributed by atoms with Gasteiger partial charge in [0, 0.05) is 18.3 Å². The van der Waals surface area contributed by atoms with Gasteiger partial charge in [0.15, 0.2) is 5.76 Å². The number of furan rings is 1. The van der Waals surface area contributed by atoms with E-state index in [1.165, 1.54) is 5.56 Å². The summed E-state index contributed by atoms with van der Waals surface area (Å²) < 4.78 is 8.49. The molecular weight excluding hydrogens is 500 g/mol. The predicted octanol–water partition coefficient (Wildman–Crippen LogP) is 6.23.